The molecular weight excluding hydrogens is 335 g/mol. The Bertz CT molecular complexity index is 472. The fourth-order valence-electron chi connectivity index (χ4n) is 3.18. The zero-order chi connectivity index (χ0) is 15.5. The van der Waals surface area contributed by atoms with Crippen molar-refractivity contribution >= 4 is 24.8 Å². The van der Waals surface area contributed by atoms with Crippen molar-refractivity contribution in [2.45, 2.75) is 33.7 Å². The molecule has 1 heterocycles. The molecule has 0 bridgehead atoms. The van der Waals surface area contributed by atoms with Crippen molar-refractivity contribution in [1.29, 1.82) is 0 Å². The van der Waals surface area contributed by atoms with Crippen LogP contribution in [0.1, 0.15) is 39.3 Å². The van der Waals surface area contributed by atoms with Crippen LogP contribution in [-0.4, -0.2) is 42.8 Å². The number of phenolic OH excluding ortho intramolecular Hbond substituents is 1. The first-order chi connectivity index (χ1) is 9.95. The quantitative estimate of drug-likeness (QED) is 0.855. The lowest BCUT2D eigenvalue weighted by Gasteiger charge is -2.42. The average Bonchev–Trinajstić information content (AvgIpc) is 2.43. The van der Waals surface area contributed by atoms with Crippen LogP contribution in [0.2, 0.25) is 0 Å². The molecule has 1 saturated heterocycles. The number of rotatable bonds is 4. The van der Waals surface area contributed by atoms with Crippen LogP contribution in [0, 0.1) is 5.41 Å². The Hall–Kier alpha value is -0.680. The molecule has 2 rings (SSSR count). The second-order valence-electron chi connectivity index (χ2n) is 6.68. The molecule has 0 amide bonds. The monoisotopic (exact) mass is 364 g/mol. The fourth-order valence-corrected chi connectivity index (χ4v) is 3.18. The number of benzene rings is 1. The molecule has 0 spiro atoms. The second-order valence-corrected chi connectivity index (χ2v) is 6.68. The average molecular weight is 365 g/mol. The lowest BCUT2D eigenvalue weighted by molar-refractivity contribution is 0.0838. The van der Waals surface area contributed by atoms with Crippen LogP contribution >= 0.6 is 24.8 Å². The lowest BCUT2D eigenvalue weighted by Crippen LogP contribution is -2.48. The van der Waals surface area contributed by atoms with Gasteiger partial charge >= 0.3 is 0 Å². The van der Waals surface area contributed by atoms with Crippen molar-refractivity contribution in [3.63, 3.8) is 0 Å². The molecule has 0 aromatic heterocycles. The summed E-state index contributed by atoms with van der Waals surface area (Å²) in [6.45, 7) is 13.2. The van der Waals surface area contributed by atoms with Gasteiger partial charge in [0, 0.05) is 37.8 Å². The van der Waals surface area contributed by atoms with E-state index in [1.54, 1.807) is 0 Å². The minimum Gasteiger partial charge on any atom is -0.504 e. The number of piperazine rings is 1. The number of halogens is 2. The number of para-hydroxylation sites is 1. The van der Waals surface area contributed by atoms with E-state index in [1.807, 2.05) is 25.1 Å². The summed E-state index contributed by atoms with van der Waals surface area (Å²) in [4.78, 5) is 2.46. The van der Waals surface area contributed by atoms with E-state index in [0.717, 1.165) is 31.7 Å². The number of hydrogen-bond donors (Lipinski definition) is 2. The van der Waals surface area contributed by atoms with E-state index in [4.69, 9.17) is 4.74 Å². The summed E-state index contributed by atoms with van der Waals surface area (Å²) in [5, 5.41) is 14.0. The minimum atomic E-state index is 0. The topological polar surface area (TPSA) is 44.7 Å². The van der Waals surface area contributed by atoms with E-state index in [1.165, 1.54) is 0 Å². The molecule has 0 aliphatic carbocycles. The van der Waals surface area contributed by atoms with Gasteiger partial charge in [-0.25, -0.2) is 0 Å². The Morgan fingerprint density at radius 2 is 1.83 bits per heavy atom. The molecule has 1 aliphatic rings. The lowest BCUT2D eigenvalue weighted by atomic mass is 9.80. The smallest absolute Gasteiger partial charge is 0.162 e. The molecule has 134 valence electrons. The highest BCUT2D eigenvalue weighted by atomic mass is 35.5. The standard InChI is InChI=1S/C17H28N2O2.2ClH/c1-5-21-14-8-6-7-13(15(14)20)16(17(2,3)4)19-11-9-18-10-12-19;;/h6-8,16,18,20H,5,9-12H2,1-4H3;2*1H/t16-;;/m1../s1. The second kappa shape index (κ2) is 9.58. The molecule has 1 atom stereocenters. The van der Waals surface area contributed by atoms with E-state index in [0.29, 0.717) is 12.4 Å². The predicted octanol–water partition coefficient (Wildman–Crippen LogP) is 3.63. The molecule has 1 aliphatic heterocycles. The Kier molecular flexibility index (Phi) is 9.29. The van der Waals surface area contributed by atoms with Crippen molar-refractivity contribution in [3.8, 4) is 11.5 Å². The van der Waals surface area contributed by atoms with Gasteiger partial charge in [0.25, 0.3) is 0 Å². The summed E-state index contributed by atoms with van der Waals surface area (Å²) in [6.07, 6.45) is 0. The first-order valence-electron chi connectivity index (χ1n) is 7.84. The maximum atomic E-state index is 10.6. The Balaban J connectivity index is 0.00000242. The van der Waals surface area contributed by atoms with Crippen LogP contribution in [0.3, 0.4) is 0 Å². The summed E-state index contributed by atoms with van der Waals surface area (Å²) in [5.74, 6) is 0.872. The molecule has 0 saturated carbocycles. The number of ether oxygens (including phenoxy) is 1. The number of aromatic hydroxyl groups is 1. The zero-order valence-electron chi connectivity index (χ0n) is 14.5. The van der Waals surface area contributed by atoms with Gasteiger partial charge in [0.05, 0.1) is 6.61 Å². The number of nitrogens with one attached hydrogen (secondary N) is 1. The van der Waals surface area contributed by atoms with Crippen LogP contribution in [-0.2, 0) is 0 Å². The SMILES string of the molecule is CCOc1cccc([C@@H](N2CCNCC2)C(C)(C)C)c1O.Cl.Cl. The van der Waals surface area contributed by atoms with Crippen molar-refractivity contribution < 1.29 is 9.84 Å². The minimum absolute atomic E-state index is 0. The number of hydrogen-bond acceptors (Lipinski definition) is 4. The molecule has 1 aromatic rings. The molecule has 2 N–H and O–H groups in total. The van der Waals surface area contributed by atoms with Crippen molar-refractivity contribution in [1.82, 2.24) is 10.2 Å². The van der Waals surface area contributed by atoms with Crippen LogP contribution in [0.4, 0.5) is 0 Å². The first-order valence-corrected chi connectivity index (χ1v) is 7.84. The van der Waals surface area contributed by atoms with Gasteiger partial charge < -0.3 is 15.2 Å². The molecule has 0 radical (unpaired) electrons. The van der Waals surface area contributed by atoms with Crippen molar-refractivity contribution in [2.24, 2.45) is 5.41 Å². The third-order valence-corrected chi connectivity index (χ3v) is 3.96. The van der Waals surface area contributed by atoms with Gasteiger partial charge in [0.15, 0.2) is 11.5 Å². The molecule has 0 unspecified atom stereocenters. The van der Waals surface area contributed by atoms with Gasteiger partial charge in [-0.1, -0.05) is 32.9 Å². The maximum Gasteiger partial charge on any atom is 0.162 e. The van der Waals surface area contributed by atoms with Gasteiger partial charge in [-0.3, -0.25) is 4.90 Å². The van der Waals surface area contributed by atoms with Gasteiger partial charge in [0.1, 0.15) is 0 Å². The van der Waals surface area contributed by atoms with E-state index in [2.05, 4.69) is 31.0 Å². The summed E-state index contributed by atoms with van der Waals surface area (Å²) in [6, 6.07) is 6.01. The van der Waals surface area contributed by atoms with Crippen molar-refractivity contribution in [2.75, 3.05) is 32.8 Å². The Morgan fingerprint density at radius 3 is 2.35 bits per heavy atom. The van der Waals surface area contributed by atoms with E-state index >= 15 is 0 Å². The highest BCUT2D eigenvalue weighted by molar-refractivity contribution is 5.85. The molecule has 6 heteroatoms. The van der Waals surface area contributed by atoms with Crippen LogP contribution in [0.15, 0.2) is 18.2 Å². The molecule has 4 nitrogen and oxygen atoms in total. The first kappa shape index (κ1) is 22.3. The fraction of sp³-hybridized carbons (Fsp3) is 0.647. The predicted molar refractivity (Wildman–Crippen MR) is 100 cm³/mol. The molecular formula is C17H30Cl2N2O2. The molecule has 23 heavy (non-hydrogen) atoms. The van der Waals surface area contributed by atoms with Crippen LogP contribution in [0.25, 0.3) is 0 Å². The number of nitrogens with zero attached hydrogens (tertiary/aromatic N) is 1. The normalized spacial score (nSPS) is 16.9. The van der Waals surface area contributed by atoms with Crippen LogP contribution in [0.5, 0.6) is 11.5 Å². The zero-order valence-corrected chi connectivity index (χ0v) is 16.1. The summed E-state index contributed by atoms with van der Waals surface area (Å²) < 4.78 is 5.55. The molecule has 1 aromatic carbocycles. The van der Waals surface area contributed by atoms with Gasteiger partial charge in [-0.15, -0.1) is 24.8 Å². The van der Waals surface area contributed by atoms with Gasteiger partial charge in [-0.2, -0.15) is 0 Å². The Morgan fingerprint density at radius 1 is 1.22 bits per heavy atom. The van der Waals surface area contributed by atoms with E-state index < -0.39 is 0 Å². The largest absolute Gasteiger partial charge is 0.504 e. The third-order valence-electron chi connectivity index (χ3n) is 3.96. The summed E-state index contributed by atoms with van der Waals surface area (Å²) in [7, 11) is 0. The van der Waals surface area contributed by atoms with E-state index in [-0.39, 0.29) is 42.0 Å². The highest BCUT2D eigenvalue weighted by Crippen LogP contribution is 2.44. The number of phenols is 1. The Labute approximate surface area is 152 Å². The van der Waals surface area contributed by atoms with Gasteiger partial charge in [-0.05, 0) is 18.4 Å². The highest BCUT2D eigenvalue weighted by Gasteiger charge is 2.34. The molecule has 1 fully saturated rings. The van der Waals surface area contributed by atoms with Crippen molar-refractivity contribution in [3.05, 3.63) is 23.8 Å². The van der Waals surface area contributed by atoms with E-state index in [9.17, 15) is 5.11 Å². The third kappa shape index (κ3) is 5.42. The van der Waals surface area contributed by atoms with Crippen LogP contribution < -0.4 is 10.1 Å². The summed E-state index contributed by atoms with van der Waals surface area (Å²) in [5.41, 5.74) is 1.01. The maximum absolute atomic E-state index is 10.6. The summed E-state index contributed by atoms with van der Waals surface area (Å²) >= 11 is 0. The van der Waals surface area contributed by atoms with Gasteiger partial charge in [0.2, 0.25) is 0 Å².